The fourth-order valence-corrected chi connectivity index (χ4v) is 4.77. The van der Waals surface area contributed by atoms with Gasteiger partial charge in [0.25, 0.3) is 5.69 Å². The highest BCUT2D eigenvalue weighted by molar-refractivity contribution is 7.89. The molecule has 0 unspecified atom stereocenters. The summed E-state index contributed by atoms with van der Waals surface area (Å²) < 4.78 is 27.3. The summed E-state index contributed by atoms with van der Waals surface area (Å²) in [5, 5.41) is 20.3. The van der Waals surface area contributed by atoms with Gasteiger partial charge in [-0.25, -0.2) is 8.42 Å². The summed E-state index contributed by atoms with van der Waals surface area (Å²) in [4.78, 5) is 12.5. The Morgan fingerprint density at radius 2 is 1.69 bits per heavy atom. The predicted molar refractivity (Wildman–Crippen MR) is 109 cm³/mol. The highest BCUT2D eigenvalue weighted by Crippen LogP contribution is 2.27. The van der Waals surface area contributed by atoms with Gasteiger partial charge in [-0.05, 0) is 29.7 Å². The number of sulfonamides is 1. The third-order valence-electron chi connectivity index (χ3n) is 5.08. The number of nitriles is 1. The maximum Gasteiger partial charge on any atom is 0.270 e. The molecule has 0 bridgehead atoms. The Balaban J connectivity index is 1.75. The number of nitrogens with zero attached hydrogens (tertiary/aromatic N) is 4. The Morgan fingerprint density at radius 1 is 1.07 bits per heavy atom. The molecule has 1 saturated heterocycles. The monoisotopic (exact) mass is 414 g/mol. The van der Waals surface area contributed by atoms with Gasteiger partial charge in [-0.2, -0.15) is 9.57 Å². The molecular formula is C20H22N4O4S. The van der Waals surface area contributed by atoms with Gasteiger partial charge in [-0.1, -0.05) is 26.0 Å². The number of rotatable bonds is 5. The first kappa shape index (κ1) is 20.8. The molecule has 0 N–H and O–H groups in total. The highest BCUT2D eigenvalue weighted by atomic mass is 32.2. The van der Waals surface area contributed by atoms with Crippen molar-refractivity contribution in [2.45, 2.75) is 24.7 Å². The molecular weight excluding hydrogens is 392 g/mol. The van der Waals surface area contributed by atoms with Crippen LogP contribution in [0.2, 0.25) is 0 Å². The largest absolute Gasteiger partial charge is 0.368 e. The molecule has 0 aromatic heterocycles. The van der Waals surface area contributed by atoms with E-state index < -0.39 is 14.9 Å². The molecule has 1 fully saturated rings. The lowest BCUT2D eigenvalue weighted by atomic mass is 10.0. The molecule has 0 spiro atoms. The molecule has 29 heavy (non-hydrogen) atoms. The van der Waals surface area contributed by atoms with Crippen molar-refractivity contribution in [3.8, 4) is 6.07 Å². The van der Waals surface area contributed by atoms with Crippen molar-refractivity contribution in [3.63, 3.8) is 0 Å². The van der Waals surface area contributed by atoms with Crippen LogP contribution in [0.4, 0.5) is 11.4 Å². The van der Waals surface area contributed by atoms with Gasteiger partial charge in [0.15, 0.2) is 0 Å². The first-order valence-corrected chi connectivity index (χ1v) is 10.7. The zero-order valence-corrected chi connectivity index (χ0v) is 17.1. The van der Waals surface area contributed by atoms with E-state index in [1.807, 2.05) is 23.1 Å². The molecule has 0 radical (unpaired) electrons. The van der Waals surface area contributed by atoms with E-state index in [9.17, 15) is 23.8 Å². The van der Waals surface area contributed by atoms with E-state index in [1.54, 1.807) is 18.2 Å². The summed E-state index contributed by atoms with van der Waals surface area (Å²) in [6.45, 7) is 5.45. The van der Waals surface area contributed by atoms with Crippen LogP contribution in [0.5, 0.6) is 0 Å². The van der Waals surface area contributed by atoms with Crippen LogP contribution in [0, 0.1) is 21.4 Å². The van der Waals surface area contributed by atoms with E-state index in [1.165, 1.54) is 16.4 Å². The average molecular weight is 414 g/mol. The van der Waals surface area contributed by atoms with Crippen molar-refractivity contribution in [2.24, 2.45) is 0 Å². The lowest BCUT2D eigenvalue weighted by Crippen LogP contribution is -2.48. The maximum atomic E-state index is 12.9. The highest BCUT2D eigenvalue weighted by Gasteiger charge is 2.29. The Hall–Kier alpha value is -2.96. The predicted octanol–water partition coefficient (Wildman–Crippen LogP) is 3.10. The summed E-state index contributed by atoms with van der Waals surface area (Å²) in [5.41, 5.74) is 1.73. The lowest BCUT2D eigenvalue weighted by Gasteiger charge is -2.35. The molecule has 2 aromatic rings. The molecule has 1 heterocycles. The van der Waals surface area contributed by atoms with Crippen LogP contribution in [-0.2, 0) is 10.0 Å². The quantitative estimate of drug-likeness (QED) is 0.549. The average Bonchev–Trinajstić information content (AvgIpc) is 2.73. The number of nitro groups is 1. The number of non-ortho nitro benzene ring substituents is 1. The van der Waals surface area contributed by atoms with Crippen molar-refractivity contribution >= 4 is 21.4 Å². The zero-order chi connectivity index (χ0) is 21.2. The summed E-state index contributed by atoms with van der Waals surface area (Å²) in [6.07, 6.45) is 0. The molecule has 0 amide bonds. The second-order valence-electron chi connectivity index (χ2n) is 7.19. The fourth-order valence-electron chi connectivity index (χ4n) is 3.35. The molecule has 1 aliphatic heterocycles. The number of hydrogen-bond donors (Lipinski definition) is 0. The van der Waals surface area contributed by atoms with Gasteiger partial charge in [0.05, 0.1) is 21.1 Å². The van der Waals surface area contributed by atoms with Gasteiger partial charge in [0.1, 0.15) is 6.07 Å². The van der Waals surface area contributed by atoms with Crippen molar-refractivity contribution in [1.29, 1.82) is 5.26 Å². The van der Waals surface area contributed by atoms with E-state index in [4.69, 9.17) is 0 Å². The van der Waals surface area contributed by atoms with Gasteiger partial charge in [-0.3, -0.25) is 10.1 Å². The van der Waals surface area contributed by atoms with E-state index >= 15 is 0 Å². The normalized spacial score (nSPS) is 15.3. The number of benzene rings is 2. The van der Waals surface area contributed by atoms with Crippen LogP contribution >= 0.6 is 0 Å². The number of piperazine rings is 1. The van der Waals surface area contributed by atoms with Crippen molar-refractivity contribution in [1.82, 2.24) is 4.31 Å². The standard InChI is InChI=1S/C20H22N4O4S/c1-15(2)16-3-6-19(7-4-16)29(27,28)23-11-9-22(10-12-23)20-8-5-18(24(25)26)13-17(20)14-21/h3-8,13,15H,9-12H2,1-2H3. The van der Waals surface area contributed by atoms with Crippen LogP contribution in [0.15, 0.2) is 47.4 Å². The van der Waals surface area contributed by atoms with Crippen LogP contribution in [-0.4, -0.2) is 43.8 Å². The number of anilines is 1. The first-order valence-electron chi connectivity index (χ1n) is 9.27. The Bertz CT molecular complexity index is 1050. The summed E-state index contributed by atoms with van der Waals surface area (Å²) in [5.74, 6) is 0.325. The summed E-state index contributed by atoms with van der Waals surface area (Å²) in [6, 6.07) is 13.1. The minimum atomic E-state index is -3.59. The molecule has 152 valence electrons. The number of hydrogen-bond acceptors (Lipinski definition) is 6. The molecule has 9 heteroatoms. The minimum absolute atomic E-state index is 0.142. The van der Waals surface area contributed by atoms with Crippen molar-refractivity contribution in [2.75, 3.05) is 31.1 Å². The van der Waals surface area contributed by atoms with Crippen molar-refractivity contribution < 1.29 is 13.3 Å². The second kappa shape index (κ2) is 8.19. The molecule has 8 nitrogen and oxygen atoms in total. The molecule has 0 saturated carbocycles. The maximum absolute atomic E-state index is 12.9. The Labute approximate surface area is 170 Å². The fraction of sp³-hybridized carbons (Fsp3) is 0.350. The van der Waals surface area contributed by atoms with Crippen LogP contribution in [0.3, 0.4) is 0 Å². The lowest BCUT2D eigenvalue weighted by molar-refractivity contribution is -0.384. The SMILES string of the molecule is CC(C)c1ccc(S(=O)(=O)N2CCN(c3ccc([N+](=O)[O-])cc3C#N)CC2)cc1. The Kier molecular flexibility index (Phi) is 5.86. The third-order valence-corrected chi connectivity index (χ3v) is 6.99. The molecule has 1 aliphatic rings. The van der Waals surface area contributed by atoms with E-state index in [2.05, 4.69) is 13.8 Å². The van der Waals surface area contributed by atoms with Gasteiger partial charge in [0, 0.05) is 38.3 Å². The van der Waals surface area contributed by atoms with E-state index in [0.717, 1.165) is 5.56 Å². The molecule has 3 rings (SSSR count). The van der Waals surface area contributed by atoms with Crippen molar-refractivity contribution in [3.05, 3.63) is 63.7 Å². The smallest absolute Gasteiger partial charge is 0.270 e. The van der Waals surface area contributed by atoms with Gasteiger partial charge in [-0.15, -0.1) is 0 Å². The second-order valence-corrected chi connectivity index (χ2v) is 9.12. The number of nitro benzene ring substituents is 1. The minimum Gasteiger partial charge on any atom is -0.368 e. The molecule has 0 aliphatic carbocycles. The van der Waals surface area contributed by atoms with Gasteiger partial charge >= 0.3 is 0 Å². The van der Waals surface area contributed by atoms with Gasteiger partial charge < -0.3 is 4.90 Å². The summed E-state index contributed by atoms with van der Waals surface area (Å²) in [7, 11) is -3.59. The molecule has 0 atom stereocenters. The summed E-state index contributed by atoms with van der Waals surface area (Å²) >= 11 is 0. The van der Waals surface area contributed by atoms with E-state index in [0.29, 0.717) is 24.7 Å². The van der Waals surface area contributed by atoms with Crippen LogP contribution in [0.1, 0.15) is 30.9 Å². The molecule has 2 aromatic carbocycles. The first-order chi connectivity index (χ1) is 13.7. The third kappa shape index (κ3) is 4.23. The Morgan fingerprint density at radius 3 is 2.21 bits per heavy atom. The zero-order valence-electron chi connectivity index (χ0n) is 16.3. The topological polar surface area (TPSA) is 108 Å². The van der Waals surface area contributed by atoms with E-state index in [-0.39, 0.29) is 29.2 Å². The van der Waals surface area contributed by atoms with Crippen LogP contribution in [0.25, 0.3) is 0 Å². The van der Waals surface area contributed by atoms with Crippen LogP contribution < -0.4 is 4.90 Å². The van der Waals surface area contributed by atoms with Gasteiger partial charge in [0.2, 0.25) is 10.0 Å².